The first-order chi connectivity index (χ1) is 11.4. The molecule has 6 nitrogen and oxygen atoms in total. The Kier molecular flexibility index (Phi) is 6.18. The predicted molar refractivity (Wildman–Crippen MR) is 92.6 cm³/mol. The average molecular weight is 336 g/mol. The van der Waals surface area contributed by atoms with Crippen molar-refractivity contribution in [3.8, 4) is 0 Å². The number of carbonyl (C=O) groups is 1. The summed E-state index contributed by atoms with van der Waals surface area (Å²) in [5, 5.41) is 9.39. The molecule has 0 aliphatic carbocycles. The Balaban J connectivity index is 2.47. The van der Waals surface area contributed by atoms with Gasteiger partial charge in [-0.25, -0.2) is 4.79 Å². The summed E-state index contributed by atoms with van der Waals surface area (Å²) in [5.41, 5.74) is 1.05. The van der Waals surface area contributed by atoms with E-state index in [1.165, 1.54) is 6.20 Å². The summed E-state index contributed by atoms with van der Waals surface area (Å²) in [4.78, 5) is 26.2. The summed E-state index contributed by atoms with van der Waals surface area (Å²) >= 11 is 0. The van der Waals surface area contributed by atoms with E-state index in [9.17, 15) is 14.7 Å². The van der Waals surface area contributed by atoms with Crippen LogP contribution in [0.5, 0.6) is 0 Å². The summed E-state index contributed by atoms with van der Waals surface area (Å²) in [6.07, 6.45) is 4.45. The van der Waals surface area contributed by atoms with Gasteiger partial charge in [-0.05, 0) is 33.2 Å². The van der Waals surface area contributed by atoms with Crippen LogP contribution in [0.3, 0.4) is 0 Å². The number of nitrogens with zero attached hydrogens (tertiary/aromatic N) is 2. The highest BCUT2D eigenvalue weighted by atomic mass is 16.5. The summed E-state index contributed by atoms with van der Waals surface area (Å²) in [6, 6.07) is 0.419. The third-order valence-corrected chi connectivity index (χ3v) is 4.91. The number of pyridine rings is 1. The first kappa shape index (κ1) is 18.7. The normalized spacial score (nSPS) is 21.8. The predicted octanol–water partition coefficient (Wildman–Crippen LogP) is 2.13. The molecule has 1 aromatic rings. The zero-order chi connectivity index (χ0) is 17.9. The highest BCUT2D eigenvalue weighted by Gasteiger charge is 2.27. The van der Waals surface area contributed by atoms with E-state index in [0.29, 0.717) is 37.6 Å². The average Bonchev–Trinajstić information content (AvgIpc) is 2.54. The molecular formula is C18H28N2O4. The largest absolute Gasteiger partial charge is 0.477 e. The molecule has 1 aliphatic heterocycles. The van der Waals surface area contributed by atoms with E-state index in [1.54, 1.807) is 0 Å². The molecule has 0 saturated carbocycles. The number of hydrogen-bond donors (Lipinski definition) is 1. The highest BCUT2D eigenvalue weighted by molar-refractivity contribution is 5.87. The maximum Gasteiger partial charge on any atom is 0.341 e. The molecule has 2 heterocycles. The molecular weight excluding hydrogens is 308 g/mol. The van der Waals surface area contributed by atoms with Crippen molar-refractivity contribution in [2.45, 2.75) is 65.3 Å². The summed E-state index contributed by atoms with van der Waals surface area (Å²) in [6.45, 7) is 7.38. The topological polar surface area (TPSA) is 71.8 Å². The van der Waals surface area contributed by atoms with Crippen molar-refractivity contribution in [1.82, 2.24) is 9.47 Å². The van der Waals surface area contributed by atoms with Gasteiger partial charge in [0.1, 0.15) is 11.8 Å². The molecule has 1 aromatic heterocycles. The molecule has 134 valence electrons. The number of hydrogen-bond acceptors (Lipinski definition) is 4. The second kappa shape index (κ2) is 7.94. The number of likely N-dealkylation sites (N-methyl/N-ethyl adjacent to an activating group) is 1. The summed E-state index contributed by atoms with van der Waals surface area (Å²) in [5.74, 6) is -1.17. The zero-order valence-corrected chi connectivity index (χ0v) is 15.0. The van der Waals surface area contributed by atoms with Gasteiger partial charge in [0, 0.05) is 23.5 Å². The van der Waals surface area contributed by atoms with Crippen molar-refractivity contribution in [3.05, 3.63) is 33.2 Å². The van der Waals surface area contributed by atoms with Crippen molar-refractivity contribution in [2.75, 3.05) is 13.7 Å². The summed E-state index contributed by atoms with van der Waals surface area (Å²) < 4.78 is 7.79. The number of carboxylic acid groups (broad SMARTS) is 1. The van der Waals surface area contributed by atoms with Gasteiger partial charge in [0.15, 0.2) is 5.43 Å². The van der Waals surface area contributed by atoms with E-state index in [1.807, 2.05) is 25.5 Å². The zero-order valence-electron chi connectivity index (χ0n) is 15.0. The van der Waals surface area contributed by atoms with Crippen molar-refractivity contribution < 1.29 is 14.6 Å². The van der Waals surface area contributed by atoms with Gasteiger partial charge in [-0.1, -0.05) is 20.3 Å². The lowest BCUT2D eigenvalue weighted by atomic mass is 10.0. The molecule has 0 radical (unpaired) electrons. The molecule has 0 bridgehead atoms. The summed E-state index contributed by atoms with van der Waals surface area (Å²) in [7, 11) is 2.02. The monoisotopic (exact) mass is 336 g/mol. The Morgan fingerprint density at radius 1 is 1.42 bits per heavy atom. The van der Waals surface area contributed by atoms with Crippen LogP contribution in [-0.4, -0.2) is 46.5 Å². The molecule has 0 amide bonds. The van der Waals surface area contributed by atoms with E-state index in [0.717, 1.165) is 18.5 Å². The van der Waals surface area contributed by atoms with Crippen LogP contribution >= 0.6 is 0 Å². The molecule has 0 spiro atoms. The van der Waals surface area contributed by atoms with Crippen LogP contribution in [0.15, 0.2) is 11.0 Å². The molecule has 1 N–H and O–H groups in total. The minimum absolute atomic E-state index is 0.113. The Morgan fingerprint density at radius 2 is 2.12 bits per heavy atom. The minimum Gasteiger partial charge on any atom is -0.477 e. The number of aromatic nitrogens is 1. The molecule has 1 aliphatic rings. The highest BCUT2D eigenvalue weighted by Crippen LogP contribution is 2.19. The van der Waals surface area contributed by atoms with E-state index >= 15 is 0 Å². The van der Waals surface area contributed by atoms with Gasteiger partial charge in [-0.3, -0.25) is 9.69 Å². The van der Waals surface area contributed by atoms with Gasteiger partial charge in [0.2, 0.25) is 0 Å². The third kappa shape index (κ3) is 3.70. The lowest BCUT2D eigenvalue weighted by Crippen LogP contribution is -2.48. The van der Waals surface area contributed by atoms with Crippen molar-refractivity contribution in [3.63, 3.8) is 0 Å². The van der Waals surface area contributed by atoms with Gasteiger partial charge in [-0.15, -0.1) is 0 Å². The van der Waals surface area contributed by atoms with E-state index in [2.05, 4.69) is 11.8 Å². The molecule has 6 heteroatoms. The Labute approximate surface area is 143 Å². The van der Waals surface area contributed by atoms with Crippen molar-refractivity contribution in [1.29, 1.82) is 0 Å². The Hall–Kier alpha value is -1.66. The maximum atomic E-state index is 12.5. The number of carboxylic acids is 1. The van der Waals surface area contributed by atoms with Crippen LogP contribution in [0.1, 0.15) is 55.2 Å². The fraction of sp³-hybridized carbons (Fsp3) is 0.667. The van der Waals surface area contributed by atoms with Gasteiger partial charge in [-0.2, -0.15) is 0 Å². The first-order valence-electron chi connectivity index (χ1n) is 8.72. The molecule has 24 heavy (non-hydrogen) atoms. The lowest BCUT2D eigenvalue weighted by molar-refractivity contribution is -0.113. The number of ether oxygens (including phenoxy) is 1. The van der Waals surface area contributed by atoms with E-state index < -0.39 is 5.97 Å². The van der Waals surface area contributed by atoms with E-state index in [4.69, 9.17) is 4.74 Å². The van der Waals surface area contributed by atoms with Gasteiger partial charge >= 0.3 is 5.97 Å². The third-order valence-electron chi connectivity index (χ3n) is 4.91. The SMILES string of the molecule is CCCc1c(CC)n(C[C@@H]2OCC[C@@H](C)N2C)cc(C(=O)O)c1=O. The second-order valence-electron chi connectivity index (χ2n) is 6.49. The van der Waals surface area contributed by atoms with Crippen molar-refractivity contribution in [2.24, 2.45) is 0 Å². The molecule has 0 aromatic carbocycles. The van der Waals surface area contributed by atoms with Crippen LogP contribution in [0.25, 0.3) is 0 Å². The van der Waals surface area contributed by atoms with Gasteiger partial charge < -0.3 is 14.4 Å². The minimum atomic E-state index is -1.17. The Morgan fingerprint density at radius 3 is 2.71 bits per heavy atom. The van der Waals surface area contributed by atoms with Gasteiger partial charge in [0.25, 0.3) is 0 Å². The number of rotatable bonds is 6. The van der Waals surface area contributed by atoms with Crippen LogP contribution in [-0.2, 0) is 24.1 Å². The quantitative estimate of drug-likeness (QED) is 0.861. The fourth-order valence-electron chi connectivity index (χ4n) is 3.33. The van der Waals surface area contributed by atoms with E-state index in [-0.39, 0.29) is 17.2 Å². The second-order valence-corrected chi connectivity index (χ2v) is 6.49. The molecule has 2 atom stereocenters. The standard InChI is InChI=1S/C18H28N2O4/c1-5-7-13-15(6-2)20(10-14(17(13)21)18(22)23)11-16-19(4)12(3)8-9-24-16/h10,12,16H,5-9,11H2,1-4H3,(H,22,23)/t12-,16+/m1/s1. The van der Waals surface area contributed by atoms with Crippen LogP contribution in [0.4, 0.5) is 0 Å². The lowest BCUT2D eigenvalue weighted by Gasteiger charge is -2.38. The van der Waals surface area contributed by atoms with Crippen LogP contribution < -0.4 is 5.43 Å². The number of aromatic carboxylic acids is 1. The molecule has 0 unspecified atom stereocenters. The molecule has 2 rings (SSSR count). The van der Waals surface area contributed by atoms with Gasteiger partial charge in [0.05, 0.1) is 13.2 Å². The smallest absolute Gasteiger partial charge is 0.341 e. The molecule has 1 saturated heterocycles. The van der Waals surface area contributed by atoms with Crippen LogP contribution in [0, 0.1) is 0 Å². The Bertz CT molecular complexity index is 653. The van der Waals surface area contributed by atoms with Crippen LogP contribution in [0.2, 0.25) is 0 Å². The van der Waals surface area contributed by atoms with Crippen molar-refractivity contribution >= 4 is 5.97 Å². The maximum absolute atomic E-state index is 12.5. The molecule has 1 fully saturated rings. The fourth-order valence-corrected chi connectivity index (χ4v) is 3.33. The first-order valence-corrected chi connectivity index (χ1v) is 8.72.